The number of rotatable bonds is 3. The molecule has 1 saturated heterocycles. The molecule has 3 nitrogen and oxygen atoms in total. The molecule has 2 rings (SSSR count). The van der Waals surface area contributed by atoms with E-state index in [2.05, 4.69) is 27.9 Å². The third-order valence-electron chi connectivity index (χ3n) is 3.44. The Morgan fingerprint density at radius 1 is 1.25 bits per heavy atom. The highest BCUT2D eigenvalue weighted by Crippen LogP contribution is 2.15. The molecule has 0 amide bonds. The van der Waals surface area contributed by atoms with E-state index in [-0.39, 0.29) is 6.04 Å². The minimum Gasteiger partial charge on any atom is -0.357 e. The summed E-state index contributed by atoms with van der Waals surface area (Å²) < 4.78 is 2.07. The van der Waals surface area contributed by atoms with Gasteiger partial charge in [-0.1, -0.05) is 12.8 Å². The molecule has 0 bridgehead atoms. The van der Waals surface area contributed by atoms with Crippen LogP contribution in [0.25, 0.3) is 0 Å². The molecule has 1 fully saturated rings. The quantitative estimate of drug-likeness (QED) is 0.846. The molecule has 0 aliphatic carbocycles. The second-order valence-corrected chi connectivity index (χ2v) is 4.93. The number of aryl methyl sites for hydroxylation is 1. The summed E-state index contributed by atoms with van der Waals surface area (Å²) in [6.45, 7) is 3.45. The van der Waals surface area contributed by atoms with Crippen LogP contribution in [0, 0.1) is 0 Å². The Morgan fingerprint density at radius 3 is 2.50 bits per heavy atom. The largest absolute Gasteiger partial charge is 0.357 e. The van der Waals surface area contributed by atoms with Crippen LogP contribution in [0.2, 0.25) is 0 Å². The summed E-state index contributed by atoms with van der Waals surface area (Å²) in [6.07, 6.45) is 9.64. The number of aromatic nitrogens is 1. The Balaban J connectivity index is 1.88. The van der Waals surface area contributed by atoms with Gasteiger partial charge in [-0.3, -0.25) is 0 Å². The first-order valence-corrected chi connectivity index (χ1v) is 6.35. The molecule has 1 aromatic rings. The third-order valence-corrected chi connectivity index (χ3v) is 3.44. The van der Waals surface area contributed by atoms with E-state index in [1.165, 1.54) is 44.3 Å². The lowest BCUT2D eigenvalue weighted by molar-refractivity contribution is 0.268. The second-order valence-electron chi connectivity index (χ2n) is 4.93. The first kappa shape index (κ1) is 11.7. The average Bonchev–Trinajstić information content (AvgIpc) is 2.54. The van der Waals surface area contributed by atoms with Crippen LogP contribution in [0.3, 0.4) is 0 Å². The minimum atomic E-state index is 0.166. The molecule has 2 N–H and O–H groups in total. The molecule has 1 atom stereocenters. The molecule has 1 aliphatic rings. The Kier molecular flexibility index (Phi) is 4.02. The van der Waals surface area contributed by atoms with E-state index in [1.54, 1.807) is 0 Å². The predicted octanol–water partition coefficient (Wildman–Crippen LogP) is 1.90. The van der Waals surface area contributed by atoms with Crippen LogP contribution < -0.4 is 5.73 Å². The smallest absolute Gasteiger partial charge is 0.0439 e. The molecular formula is C13H23N3. The Morgan fingerprint density at radius 2 is 1.94 bits per heavy atom. The SMILES string of the molecule is Cn1ccc(C(N)CN2CCCCCC2)c1. The highest BCUT2D eigenvalue weighted by Gasteiger charge is 2.14. The Hall–Kier alpha value is -0.800. The van der Waals surface area contributed by atoms with Crippen LogP contribution in [0.5, 0.6) is 0 Å². The molecular weight excluding hydrogens is 198 g/mol. The van der Waals surface area contributed by atoms with Crippen molar-refractivity contribution < 1.29 is 0 Å². The summed E-state index contributed by atoms with van der Waals surface area (Å²) in [4.78, 5) is 2.52. The van der Waals surface area contributed by atoms with E-state index in [4.69, 9.17) is 5.73 Å². The zero-order valence-electron chi connectivity index (χ0n) is 10.2. The number of hydrogen-bond donors (Lipinski definition) is 1. The van der Waals surface area contributed by atoms with Gasteiger partial charge < -0.3 is 15.2 Å². The van der Waals surface area contributed by atoms with Crippen molar-refractivity contribution in [2.24, 2.45) is 12.8 Å². The molecule has 0 spiro atoms. The van der Waals surface area contributed by atoms with Gasteiger partial charge in [-0.15, -0.1) is 0 Å². The molecule has 0 aromatic carbocycles. The number of hydrogen-bond acceptors (Lipinski definition) is 2. The van der Waals surface area contributed by atoms with Gasteiger partial charge in [-0.25, -0.2) is 0 Å². The van der Waals surface area contributed by atoms with E-state index in [1.807, 2.05) is 7.05 Å². The van der Waals surface area contributed by atoms with Crippen LogP contribution >= 0.6 is 0 Å². The lowest BCUT2D eigenvalue weighted by atomic mass is 10.1. The molecule has 2 heterocycles. The molecule has 90 valence electrons. The van der Waals surface area contributed by atoms with Crippen molar-refractivity contribution in [2.75, 3.05) is 19.6 Å². The summed E-state index contributed by atoms with van der Waals surface area (Å²) in [5.41, 5.74) is 7.49. The van der Waals surface area contributed by atoms with E-state index >= 15 is 0 Å². The molecule has 0 saturated carbocycles. The van der Waals surface area contributed by atoms with E-state index < -0.39 is 0 Å². The number of nitrogens with two attached hydrogens (primary N) is 1. The van der Waals surface area contributed by atoms with Gasteiger partial charge in [-0.2, -0.15) is 0 Å². The van der Waals surface area contributed by atoms with Gasteiger partial charge in [-0.05, 0) is 37.6 Å². The first-order valence-electron chi connectivity index (χ1n) is 6.35. The Bertz CT molecular complexity index is 311. The van der Waals surface area contributed by atoms with Crippen molar-refractivity contribution >= 4 is 0 Å². The van der Waals surface area contributed by atoms with Gasteiger partial charge in [0, 0.05) is 32.0 Å². The highest BCUT2D eigenvalue weighted by molar-refractivity contribution is 5.15. The van der Waals surface area contributed by atoms with Gasteiger partial charge >= 0.3 is 0 Å². The standard InChI is InChI=1S/C13H23N3/c1-15-9-6-12(10-15)13(14)11-16-7-4-2-3-5-8-16/h6,9-10,13H,2-5,7-8,11,14H2,1H3. The second kappa shape index (κ2) is 5.51. The van der Waals surface area contributed by atoms with Crippen molar-refractivity contribution in [3.8, 4) is 0 Å². The fourth-order valence-corrected chi connectivity index (χ4v) is 2.45. The lowest BCUT2D eigenvalue weighted by Crippen LogP contribution is -2.32. The topological polar surface area (TPSA) is 34.2 Å². The highest BCUT2D eigenvalue weighted by atomic mass is 15.1. The minimum absolute atomic E-state index is 0.166. The van der Waals surface area contributed by atoms with E-state index in [0.29, 0.717) is 0 Å². The zero-order valence-corrected chi connectivity index (χ0v) is 10.2. The van der Waals surface area contributed by atoms with Crippen LogP contribution in [0.1, 0.15) is 37.3 Å². The summed E-state index contributed by atoms with van der Waals surface area (Å²) >= 11 is 0. The van der Waals surface area contributed by atoms with Gasteiger partial charge in [0.25, 0.3) is 0 Å². The molecule has 1 unspecified atom stereocenters. The van der Waals surface area contributed by atoms with Crippen molar-refractivity contribution in [1.29, 1.82) is 0 Å². The third kappa shape index (κ3) is 3.09. The van der Waals surface area contributed by atoms with Crippen LogP contribution in [-0.4, -0.2) is 29.1 Å². The summed E-state index contributed by atoms with van der Waals surface area (Å²) in [5, 5.41) is 0. The Labute approximate surface area is 98.2 Å². The normalized spacial score (nSPS) is 20.6. The molecule has 3 heteroatoms. The molecule has 16 heavy (non-hydrogen) atoms. The fourth-order valence-electron chi connectivity index (χ4n) is 2.45. The maximum atomic E-state index is 6.24. The molecule has 1 aliphatic heterocycles. The van der Waals surface area contributed by atoms with Crippen LogP contribution in [0.4, 0.5) is 0 Å². The van der Waals surface area contributed by atoms with Crippen molar-refractivity contribution in [2.45, 2.75) is 31.7 Å². The van der Waals surface area contributed by atoms with E-state index in [0.717, 1.165) is 6.54 Å². The lowest BCUT2D eigenvalue weighted by Gasteiger charge is -2.23. The van der Waals surface area contributed by atoms with Crippen LogP contribution in [-0.2, 0) is 7.05 Å². The summed E-state index contributed by atoms with van der Waals surface area (Å²) in [7, 11) is 2.04. The van der Waals surface area contributed by atoms with Crippen molar-refractivity contribution in [3.63, 3.8) is 0 Å². The van der Waals surface area contributed by atoms with E-state index in [9.17, 15) is 0 Å². The molecule has 0 radical (unpaired) electrons. The predicted molar refractivity (Wildman–Crippen MR) is 67.2 cm³/mol. The number of likely N-dealkylation sites (tertiary alicyclic amines) is 1. The fraction of sp³-hybridized carbons (Fsp3) is 0.692. The first-order chi connectivity index (χ1) is 7.75. The average molecular weight is 221 g/mol. The molecule has 1 aromatic heterocycles. The maximum Gasteiger partial charge on any atom is 0.0439 e. The maximum absolute atomic E-state index is 6.24. The summed E-state index contributed by atoms with van der Waals surface area (Å²) in [6, 6.07) is 2.29. The van der Waals surface area contributed by atoms with Crippen LogP contribution in [0.15, 0.2) is 18.5 Å². The van der Waals surface area contributed by atoms with Gasteiger partial charge in [0.05, 0.1) is 0 Å². The van der Waals surface area contributed by atoms with Gasteiger partial charge in [0.1, 0.15) is 0 Å². The zero-order chi connectivity index (χ0) is 11.4. The monoisotopic (exact) mass is 221 g/mol. The van der Waals surface area contributed by atoms with Crippen molar-refractivity contribution in [1.82, 2.24) is 9.47 Å². The van der Waals surface area contributed by atoms with Crippen molar-refractivity contribution in [3.05, 3.63) is 24.0 Å². The number of nitrogens with zero attached hydrogens (tertiary/aromatic N) is 2. The summed E-state index contributed by atoms with van der Waals surface area (Å²) in [5.74, 6) is 0. The van der Waals surface area contributed by atoms with Gasteiger partial charge in [0.15, 0.2) is 0 Å². The van der Waals surface area contributed by atoms with Gasteiger partial charge in [0.2, 0.25) is 0 Å².